The van der Waals surface area contributed by atoms with Crippen LogP contribution in [0.2, 0.25) is 0 Å². The Morgan fingerprint density at radius 2 is 1.29 bits per heavy atom. The summed E-state index contributed by atoms with van der Waals surface area (Å²) in [6, 6.07) is 0. The molecule has 2 N–H and O–H groups in total. The molecule has 4 atom stereocenters. The van der Waals surface area contributed by atoms with E-state index in [0.717, 1.165) is 12.8 Å². The molecule has 0 aromatic rings. The van der Waals surface area contributed by atoms with Crippen molar-refractivity contribution in [2.24, 2.45) is 11.8 Å². The molecule has 0 bridgehead atoms. The lowest BCUT2D eigenvalue weighted by molar-refractivity contribution is 0.0283. The van der Waals surface area contributed by atoms with Crippen molar-refractivity contribution in [2.75, 3.05) is 0 Å². The summed E-state index contributed by atoms with van der Waals surface area (Å²) in [5.41, 5.74) is 2.76. The van der Waals surface area contributed by atoms with Crippen LogP contribution in [0.25, 0.3) is 0 Å². The van der Waals surface area contributed by atoms with Gasteiger partial charge in [-0.2, -0.15) is 0 Å². The predicted molar refractivity (Wildman–Crippen MR) is 55.7 cm³/mol. The number of rotatable bonds is 0. The minimum absolute atomic E-state index is 0.221. The molecule has 2 rings (SSSR count). The summed E-state index contributed by atoms with van der Waals surface area (Å²) in [5.74, 6) is 0.442. The van der Waals surface area contributed by atoms with E-state index in [1.165, 1.54) is 11.1 Å². The molecule has 2 nitrogen and oxygen atoms in total. The van der Waals surface area contributed by atoms with Crippen molar-refractivity contribution in [3.05, 3.63) is 23.3 Å². The Bertz CT molecular complexity index is 263. The van der Waals surface area contributed by atoms with Crippen molar-refractivity contribution in [2.45, 2.75) is 38.9 Å². The number of aliphatic hydroxyl groups is 2. The van der Waals surface area contributed by atoms with Crippen LogP contribution < -0.4 is 0 Å². The Balaban J connectivity index is 2.26. The molecule has 2 aliphatic carbocycles. The number of fused-ring (bicyclic) bond motifs is 1. The molecular weight excluding hydrogens is 176 g/mol. The van der Waals surface area contributed by atoms with Crippen LogP contribution in [0.5, 0.6) is 0 Å². The molecule has 0 aliphatic heterocycles. The van der Waals surface area contributed by atoms with Crippen molar-refractivity contribution < 1.29 is 10.2 Å². The first-order valence-electron chi connectivity index (χ1n) is 5.29. The van der Waals surface area contributed by atoms with E-state index < -0.39 is 0 Å². The molecule has 0 saturated carbocycles. The summed E-state index contributed by atoms with van der Waals surface area (Å²) in [6.07, 6.45) is 4.59. The maximum absolute atomic E-state index is 9.81. The molecule has 0 heterocycles. The van der Waals surface area contributed by atoms with Gasteiger partial charge < -0.3 is 10.2 Å². The van der Waals surface area contributed by atoms with E-state index in [-0.39, 0.29) is 24.0 Å². The molecule has 0 fully saturated rings. The SMILES string of the molecule is CC1=C(C)CC2C(O)C=CC(O)C2C1. The van der Waals surface area contributed by atoms with E-state index in [0.29, 0.717) is 0 Å². The summed E-state index contributed by atoms with van der Waals surface area (Å²) in [6.45, 7) is 4.26. The zero-order valence-corrected chi connectivity index (χ0v) is 8.77. The number of aliphatic hydroxyl groups excluding tert-OH is 2. The Morgan fingerprint density at radius 1 is 0.929 bits per heavy atom. The van der Waals surface area contributed by atoms with Crippen LogP contribution >= 0.6 is 0 Å². The second-order valence-corrected chi connectivity index (χ2v) is 4.66. The van der Waals surface area contributed by atoms with Crippen LogP contribution in [0.3, 0.4) is 0 Å². The van der Waals surface area contributed by atoms with Crippen molar-refractivity contribution in [1.82, 2.24) is 0 Å². The average molecular weight is 194 g/mol. The highest BCUT2D eigenvalue weighted by Gasteiger charge is 2.37. The van der Waals surface area contributed by atoms with Crippen LogP contribution in [0, 0.1) is 11.8 Å². The molecule has 0 spiro atoms. The first-order chi connectivity index (χ1) is 6.59. The first kappa shape index (κ1) is 9.94. The highest BCUT2D eigenvalue weighted by atomic mass is 16.3. The lowest BCUT2D eigenvalue weighted by atomic mass is 9.69. The Morgan fingerprint density at radius 3 is 1.64 bits per heavy atom. The van der Waals surface area contributed by atoms with Gasteiger partial charge >= 0.3 is 0 Å². The molecule has 2 heteroatoms. The van der Waals surface area contributed by atoms with Crippen LogP contribution in [0.4, 0.5) is 0 Å². The maximum Gasteiger partial charge on any atom is 0.0756 e. The minimum atomic E-state index is -0.369. The van der Waals surface area contributed by atoms with Gasteiger partial charge in [0.25, 0.3) is 0 Å². The van der Waals surface area contributed by atoms with Crippen molar-refractivity contribution in [3.8, 4) is 0 Å². The zero-order chi connectivity index (χ0) is 10.3. The molecular formula is C12H18O2. The second-order valence-electron chi connectivity index (χ2n) is 4.66. The van der Waals surface area contributed by atoms with E-state index in [1.807, 2.05) is 0 Å². The summed E-state index contributed by atoms with van der Waals surface area (Å²) < 4.78 is 0. The molecule has 0 aromatic heterocycles. The Hall–Kier alpha value is -0.600. The largest absolute Gasteiger partial charge is 0.389 e. The summed E-state index contributed by atoms with van der Waals surface area (Å²) >= 11 is 0. The van der Waals surface area contributed by atoms with Crippen molar-refractivity contribution in [3.63, 3.8) is 0 Å². The van der Waals surface area contributed by atoms with Crippen molar-refractivity contribution in [1.29, 1.82) is 0 Å². The number of hydrogen-bond donors (Lipinski definition) is 2. The molecule has 0 amide bonds. The van der Waals surface area contributed by atoms with Crippen LogP contribution in [0.15, 0.2) is 23.3 Å². The minimum Gasteiger partial charge on any atom is -0.389 e. The molecule has 2 aliphatic rings. The van der Waals surface area contributed by atoms with Gasteiger partial charge in [0.05, 0.1) is 12.2 Å². The first-order valence-corrected chi connectivity index (χ1v) is 5.29. The van der Waals surface area contributed by atoms with Gasteiger partial charge in [0.2, 0.25) is 0 Å². The lowest BCUT2D eigenvalue weighted by Crippen LogP contribution is -2.39. The van der Waals surface area contributed by atoms with E-state index in [9.17, 15) is 10.2 Å². The van der Waals surface area contributed by atoms with Gasteiger partial charge in [0.1, 0.15) is 0 Å². The van der Waals surface area contributed by atoms with Gasteiger partial charge in [0, 0.05) is 0 Å². The third kappa shape index (κ3) is 1.53. The van der Waals surface area contributed by atoms with Crippen LogP contribution in [-0.4, -0.2) is 22.4 Å². The van der Waals surface area contributed by atoms with Crippen molar-refractivity contribution >= 4 is 0 Å². The van der Waals surface area contributed by atoms with Gasteiger partial charge in [-0.25, -0.2) is 0 Å². The number of allylic oxidation sites excluding steroid dienone is 2. The molecule has 0 aromatic carbocycles. The zero-order valence-electron chi connectivity index (χ0n) is 8.77. The van der Waals surface area contributed by atoms with E-state index in [2.05, 4.69) is 13.8 Å². The fraction of sp³-hybridized carbons (Fsp3) is 0.667. The van der Waals surface area contributed by atoms with E-state index >= 15 is 0 Å². The third-order valence-corrected chi connectivity index (χ3v) is 3.75. The smallest absolute Gasteiger partial charge is 0.0756 e. The highest BCUT2D eigenvalue weighted by molar-refractivity contribution is 5.21. The highest BCUT2D eigenvalue weighted by Crippen LogP contribution is 2.40. The quantitative estimate of drug-likeness (QED) is 0.575. The number of hydrogen-bond acceptors (Lipinski definition) is 2. The summed E-state index contributed by atoms with van der Waals surface area (Å²) in [4.78, 5) is 0. The molecule has 78 valence electrons. The van der Waals surface area contributed by atoms with Gasteiger partial charge in [-0.05, 0) is 38.5 Å². The monoisotopic (exact) mass is 194 g/mol. The topological polar surface area (TPSA) is 40.5 Å². The van der Waals surface area contributed by atoms with E-state index in [1.54, 1.807) is 12.2 Å². The lowest BCUT2D eigenvalue weighted by Gasteiger charge is -2.39. The second kappa shape index (κ2) is 3.52. The predicted octanol–water partition coefficient (Wildman–Crippen LogP) is 1.64. The van der Waals surface area contributed by atoms with Crippen LogP contribution in [0.1, 0.15) is 26.7 Å². The van der Waals surface area contributed by atoms with Gasteiger partial charge in [-0.15, -0.1) is 0 Å². The fourth-order valence-electron chi connectivity index (χ4n) is 2.62. The van der Waals surface area contributed by atoms with Crippen LogP contribution in [-0.2, 0) is 0 Å². The van der Waals surface area contributed by atoms with Gasteiger partial charge in [0.15, 0.2) is 0 Å². The summed E-state index contributed by atoms with van der Waals surface area (Å²) in [7, 11) is 0. The molecule has 14 heavy (non-hydrogen) atoms. The Kier molecular flexibility index (Phi) is 2.50. The molecule has 4 unspecified atom stereocenters. The average Bonchev–Trinajstić information content (AvgIpc) is 2.15. The summed E-state index contributed by atoms with van der Waals surface area (Å²) in [5, 5.41) is 19.6. The third-order valence-electron chi connectivity index (χ3n) is 3.75. The molecule has 0 saturated heterocycles. The van der Waals surface area contributed by atoms with Gasteiger partial charge in [-0.3, -0.25) is 0 Å². The van der Waals surface area contributed by atoms with Gasteiger partial charge in [-0.1, -0.05) is 23.3 Å². The Labute approximate surface area is 85.0 Å². The normalized spacial score (nSPS) is 42.6. The molecule has 0 radical (unpaired) electrons. The fourth-order valence-corrected chi connectivity index (χ4v) is 2.62. The standard InChI is InChI=1S/C12H18O2/c1-7-5-9-10(6-8(7)2)12(14)4-3-11(9)13/h3-4,9-14H,5-6H2,1-2H3. The maximum atomic E-state index is 9.81. The van der Waals surface area contributed by atoms with E-state index in [4.69, 9.17) is 0 Å².